The van der Waals surface area contributed by atoms with E-state index in [1.807, 2.05) is 0 Å². The number of nitrogens with one attached hydrogen (secondary N) is 1. The molecule has 96 valence electrons. The standard InChI is InChI=1S/C12H19BrN2O2/c13-8-4-5-9-15-10(16)12(14-11(15)17)6-2-1-3-7-12/h1-9H2,(H,14,17). The molecule has 0 aromatic carbocycles. The molecule has 0 aromatic heterocycles. The first kappa shape index (κ1) is 12.9. The van der Waals surface area contributed by atoms with Crippen LogP contribution in [0.1, 0.15) is 44.9 Å². The van der Waals surface area contributed by atoms with Crippen LogP contribution >= 0.6 is 15.9 Å². The van der Waals surface area contributed by atoms with E-state index in [0.29, 0.717) is 6.54 Å². The molecule has 1 N–H and O–H groups in total. The molecule has 0 unspecified atom stereocenters. The van der Waals surface area contributed by atoms with Crippen molar-refractivity contribution in [2.24, 2.45) is 0 Å². The summed E-state index contributed by atoms with van der Waals surface area (Å²) in [6, 6.07) is -0.188. The van der Waals surface area contributed by atoms with Crippen LogP contribution < -0.4 is 5.32 Å². The molecule has 1 heterocycles. The fourth-order valence-electron chi connectivity index (χ4n) is 2.74. The highest BCUT2D eigenvalue weighted by Gasteiger charge is 2.50. The highest BCUT2D eigenvalue weighted by molar-refractivity contribution is 9.09. The Morgan fingerprint density at radius 3 is 2.53 bits per heavy atom. The first-order valence-electron chi connectivity index (χ1n) is 6.40. The van der Waals surface area contributed by atoms with Gasteiger partial charge in [-0.2, -0.15) is 0 Å². The Morgan fingerprint density at radius 1 is 1.18 bits per heavy atom. The fraction of sp³-hybridized carbons (Fsp3) is 0.833. The second-order valence-electron chi connectivity index (χ2n) is 4.93. The van der Waals surface area contributed by atoms with Crippen molar-refractivity contribution in [3.05, 3.63) is 0 Å². The first-order chi connectivity index (χ1) is 8.19. The van der Waals surface area contributed by atoms with Gasteiger partial charge in [0, 0.05) is 11.9 Å². The fourth-order valence-corrected chi connectivity index (χ4v) is 3.13. The molecule has 0 atom stereocenters. The van der Waals surface area contributed by atoms with Crippen molar-refractivity contribution in [1.82, 2.24) is 10.2 Å². The van der Waals surface area contributed by atoms with Crippen LogP contribution in [-0.4, -0.2) is 34.3 Å². The van der Waals surface area contributed by atoms with Gasteiger partial charge >= 0.3 is 6.03 Å². The Kier molecular flexibility index (Phi) is 4.07. The van der Waals surface area contributed by atoms with E-state index in [4.69, 9.17) is 0 Å². The van der Waals surface area contributed by atoms with Crippen molar-refractivity contribution < 1.29 is 9.59 Å². The molecule has 1 aliphatic heterocycles. The molecule has 1 saturated carbocycles. The minimum atomic E-state index is -0.552. The topological polar surface area (TPSA) is 49.4 Å². The number of hydrogen-bond donors (Lipinski definition) is 1. The number of urea groups is 1. The summed E-state index contributed by atoms with van der Waals surface area (Å²) in [7, 11) is 0. The Morgan fingerprint density at radius 2 is 1.88 bits per heavy atom. The summed E-state index contributed by atoms with van der Waals surface area (Å²) in [5, 5.41) is 3.84. The van der Waals surface area contributed by atoms with Crippen LogP contribution in [0.4, 0.5) is 4.79 Å². The van der Waals surface area contributed by atoms with Gasteiger partial charge in [-0.1, -0.05) is 35.2 Å². The summed E-state index contributed by atoms with van der Waals surface area (Å²) < 4.78 is 0. The summed E-state index contributed by atoms with van der Waals surface area (Å²) in [6.45, 7) is 0.554. The molecule has 4 nitrogen and oxygen atoms in total. The van der Waals surface area contributed by atoms with Crippen LogP contribution in [0, 0.1) is 0 Å². The Labute approximate surface area is 110 Å². The number of halogens is 1. The van der Waals surface area contributed by atoms with Crippen molar-refractivity contribution in [2.75, 3.05) is 11.9 Å². The minimum Gasteiger partial charge on any atom is -0.323 e. The molecule has 1 saturated heterocycles. The average molecular weight is 303 g/mol. The third kappa shape index (κ3) is 2.49. The molecule has 0 bridgehead atoms. The van der Waals surface area contributed by atoms with Crippen molar-refractivity contribution >= 4 is 27.9 Å². The summed E-state index contributed by atoms with van der Waals surface area (Å²) >= 11 is 3.36. The van der Waals surface area contributed by atoms with Crippen molar-refractivity contribution in [3.8, 4) is 0 Å². The number of hydrogen-bond acceptors (Lipinski definition) is 2. The third-order valence-electron chi connectivity index (χ3n) is 3.72. The summed E-state index contributed by atoms with van der Waals surface area (Å²) in [6.07, 6.45) is 6.75. The maximum Gasteiger partial charge on any atom is 0.325 e. The SMILES string of the molecule is O=C1NC2(CCCCC2)C(=O)N1CCCCBr. The Balaban J connectivity index is 2.00. The van der Waals surface area contributed by atoms with Gasteiger partial charge in [0.05, 0.1) is 0 Å². The highest BCUT2D eigenvalue weighted by Crippen LogP contribution is 2.33. The lowest BCUT2D eigenvalue weighted by atomic mass is 9.82. The second kappa shape index (κ2) is 5.38. The van der Waals surface area contributed by atoms with E-state index < -0.39 is 5.54 Å². The normalized spacial score (nSPS) is 23.2. The van der Waals surface area contributed by atoms with Gasteiger partial charge in [-0.3, -0.25) is 9.69 Å². The molecule has 1 aliphatic carbocycles. The number of amides is 3. The molecule has 3 amide bonds. The molecule has 0 radical (unpaired) electrons. The largest absolute Gasteiger partial charge is 0.325 e. The lowest BCUT2D eigenvalue weighted by Gasteiger charge is -2.30. The number of alkyl halides is 1. The summed E-state index contributed by atoms with van der Waals surface area (Å²) in [4.78, 5) is 25.6. The zero-order valence-corrected chi connectivity index (χ0v) is 11.6. The second-order valence-corrected chi connectivity index (χ2v) is 5.72. The van der Waals surface area contributed by atoms with Gasteiger partial charge in [0.25, 0.3) is 5.91 Å². The van der Waals surface area contributed by atoms with Crippen LogP contribution in [0.2, 0.25) is 0 Å². The van der Waals surface area contributed by atoms with Crippen LogP contribution in [-0.2, 0) is 4.79 Å². The Bertz CT molecular complexity index is 314. The molecule has 5 heteroatoms. The minimum absolute atomic E-state index is 0.0109. The van der Waals surface area contributed by atoms with E-state index >= 15 is 0 Å². The summed E-state index contributed by atoms with van der Waals surface area (Å²) in [5.41, 5.74) is -0.552. The molecular weight excluding hydrogens is 284 g/mol. The van der Waals surface area contributed by atoms with E-state index in [1.54, 1.807) is 0 Å². The first-order valence-corrected chi connectivity index (χ1v) is 7.52. The van der Waals surface area contributed by atoms with Gasteiger partial charge in [0.15, 0.2) is 0 Å². The van der Waals surface area contributed by atoms with Gasteiger partial charge in [-0.25, -0.2) is 4.79 Å². The summed E-state index contributed by atoms with van der Waals surface area (Å²) in [5.74, 6) is 0.0109. The van der Waals surface area contributed by atoms with Crippen molar-refractivity contribution in [1.29, 1.82) is 0 Å². The predicted octanol–water partition coefficient (Wildman–Crippen LogP) is 2.42. The van der Waals surface area contributed by atoms with Gasteiger partial charge in [0.2, 0.25) is 0 Å². The monoisotopic (exact) mass is 302 g/mol. The van der Waals surface area contributed by atoms with E-state index in [1.165, 1.54) is 11.3 Å². The number of carbonyl (C=O) groups excluding carboxylic acids is 2. The van der Waals surface area contributed by atoms with Gasteiger partial charge < -0.3 is 5.32 Å². The average Bonchev–Trinajstić information content (AvgIpc) is 2.55. The molecular formula is C12H19BrN2O2. The predicted molar refractivity (Wildman–Crippen MR) is 69.1 cm³/mol. The zero-order valence-electron chi connectivity index (χ0n) is 10.0. The van der Waals surface area contributed by atoms with E-state index in [2.05, 4.69) is 21.2 Å². The number of carbonyl (C=O) groups is 2. The maximum atomic E-state index is 12.3. The molecule has 2 aliphatic rings. The zero-order chi connectivity index (χ0) is 12.3. The Hall–Kier alpha value is -0.580. The van der Waals surface area contributed by atoms with E-state index in [-0.39, 0.29) is 11.9 Å². The number of unbranched alkanes of at least 4 members (excludes halogenated alkanes) is 1. The molecule has 2 rings (SSSR count). The van der Waals surface area contributed by atoms with Gasteiger partial charge in [0.1, 0.15) is 5.54 Å². The molecule has 2 fully saturated rings. The van der Waals surface area contributed by atoms with Crippen LogP contribution in [0.25, 0.3) is 0 Å². The number of imide groups is 1. The van der Waals surface area contributed by atoms with Gasteiger partial charge in [-0.05, 0) is 25.7 Å². The maximum absolute atomic E-state index is 12.3. The number of nitrogens with zero attached hydrogens (tertiary/aromatic N) is 1. The van der Waals surface area contributed by atoms with E-state index in [9.17, 15) is 9.59 Å². The molecule has 17 heavy (non-hydrogen) atoms. The highest BCUT2D eigenvalue weighted by atomic mass is 79.9. The van der Waals surface area contributed by atoms with Crippen molar-refractivity contribution in [3.63, 3.8) is 0 Å². The van der Waals surface area contributed by atoms with Gasteiger partial charge in [-0.15, -0.1) is 0 Å². The molecule has 0 aromatic rings. The smallest absolute Gasteiger partial charge is 0.323 e. The lowest BCUT2D eigenvalue weighted by Crippen LogP contribution is -2.48. The van der Waals surface area contributed by atoms with E-state index in [0.717, 1.165) is 43.9 Å². The third-order valence-corrected chi connectivity index (χ3v) is 4.28. The van der Waals surface area contributed by atoms with Crippen molar-refractivity contribution in [2.45, 2.75) is 50.5 Å². The van der Waals surface area contributed by atoms with Crippen LogP contribution in [0.15, 0.2) is 0 Å². The molecule has 1 spiro atoms. The van der Waals surface area contributed by atoms with Crippen LogP contribution in [0.3, 0.4) is 0 Å². The number of rotatable bonds is 4. The quantitative estimate of drug-likeness (QED) is 0.492. The lowest BCUT2D eigenvalue weighted by molar-refractivity contribution is -0.132. The van der Waals surface area contributed by atoms with Crippen LogP contribution in [0.5, 0.6) is 0 Å².